The van der Waals surface area contributed by atoms with E-state index in [2.05, 4.69) is 24.1 Å². The first-order chi connectivity index (χ1) is 13.5. The predicted octanol–water partition coefficient (Wildman–Crippen LogP) is 5.58. The van der Waals surface area contributed by atoms with Gasteiger partial charge in [-0.05, 0) is 54.2 Å². The summed E-state index contributed by atoms with van der Waals surface area (Å²) in [6.45, 7) is 6.26. The number of ketones is 1. The Kier molecular flexibility index (Phi) is 6.57. The molecule has 2 aromatic rings. The van der Waals surface area contributed by atoms with Crippen LogP contribution in [-0.2, 0) is 0 Å². The number of benzene rings is 2. The Bertz CT molecular complexity index is 879. The third-order valence-corrected chi connectivity index (χ3v) is 5.57. The van der Waals surface area contributed by atoms with Crippen molar-refractivity contribution >= 4 is 28.8 Å². The molecule has 1 aliphatic carbocycles. The van der Waals surface area contributed by atoms with Gasteiger partial charge in [0.2, 0.25) is 0 Å². The van der Waals surface area contributed by atoms with E-state index in [4.69, 9.17) is 12.2 Å². The predicted molar refractivity (Wildman–Crippen MR) is 117 cm³/mol. The molecule has 1 aliphatic rings. The van der Waals surface area contributed by atoms with Gasteiger partial charge in [-0.25, -0.2) is 4.39 Å². The van der Waals surface area contributed by atoms with Crippen LogP contribution < -0.4 is 10.6 Å². The Labute approximate surface area is 171 Å². The second-order valence-corrected chi connectivity index (χ2v) is 7.68. The number of nitrogens with one attached hydrogen (secondary N) is 2. The highest BCUT2D eigenvalue weighted by Gasteiger charge is 2.30. The van der Waals surface area contributed by atoms with E-state index in [1.54, 1.807) is 12.1 Å². The molecule has 5 heteroatoms. The summed E-state index contributed by atoms with van der Waals surface area (Å²) < 4.78 is 14.4. The van der Waals surface area contributed by atoms with Crippen molar-refractivity contribution < 1.29 is 9.18 Å². The van der Waals surface area contributed by atoms with Crippen LogP contribution in [-0.4, -0.2) is 17.4 Å². The van der Waals surface area contributed by atoms with Crippen molar-refractivity contribution in [2.75, 3.05) is 11.9 Å². The molecule has 0 bridgehead atoms. The first kappa shape index (κ1) is 20.2. The highest BCUT2D eigenvalue weighted by molar-refractivity contribution is 7.80. The summed E-state index contributed by atoms with van der Waals surface area (Å²) in [7, 11) is 0. The fourth-order valence-corrected chi connectivity index (χ4v) is 3.90. The normalized spacial score (nSPS) is 18.5. The first-order valence-corrected chi connectivity index (χ1v) is 10.0. The summed E-state index contributed by atoms with van der Waals surface area (Å²) in [4.78, 5) is 12.7. The molecule has 2 unspecified atom stereocenters. The van der Waals surface area contributed by atoms with Crippen LogP contribution in [0.4, 0.5) is 10.1 Å². The molecule has 0 spiro atoms. The number of anilines is 1. The van der Waals surface area contributed by atoms with E-state index in [1.165, 1.54) is 6.07 Å². The molecule has 0 aromatic heterocycles. The van der Waals surface area contributed by atoms with Crippen LogP contribution in [0.3, 0.4) is 0 Å². The summed E-state index contributed by atoms with van der Waals surface area (Å²) in [5.74, 6) is 0.420. The van der Waals surface area contributed by atoms with Crippen molar-refractivity contribution in [3.05, 3.63) is 66.5 Å². The second kappa shape index (κ2) is 9.11. The van der Waals surface area contributed by atoms with E-state index in [9.17, 15) is 9.18 Å². The quantitative estimate of drug-likeness (QED) is 0.380. The summed E-state index contributed by atoms with van der Waals surface area (Å²) in [6, 6.07) is 12.4. The topological polar surface area (TPSA) is 41.1 Å². The van der Waals surface area contributed by atoms with Crippen molar-refractivity contribution in [2.45, 2.75) is 26.2 Å². The molecule has 146 valence electrons. The Morgan fingerprint density at radius 2 is 1.93 bits per heavy atom. The zero-order valence-electron chi connectivity index (χ0n) is 16.0. The van der Waals surface area contributed by atoms with Crippen LogP contribution in [0, 0.1) is 17.7 Å². The molecule has 0 radical (unpaired) electrons. The summed E-state index contributed by atoms with van der Waals surface area (Å²) in [5.41, 5.74) is 2.67. The lowest BCUT2D eigenvalue weighted by atomic mass is 9.89. The molecule has 2 atom stereocenters. The third kappa shape index (κ3) is 4.65. The van der Waals surface area contributed by atoms with Gasteiger partial charge in [0, 0.05) is 18.0 Å². The smallest absolute Gasteiger partial charge is 0.171 e. The molecule has 0 aliphatic heterocycles. The molecular weight excluding hydrogens is 371 g/mol. The minimum absolute atomic E-state index is 0.132. The average molecular weight is 397 g/mol. The zero-order valence-corrected chi connectivity index (χ0v) is 16.8. The fourth-order valence-electron chi connectivity index (χ4n) is 3.70. The van der Waals surface area contributed by atoms with Gasteiger partial charge in [-0.15, -0.1) is 6.58 Å². The lowest BCUT2D eigenvalue weighted by Crippen LogP contribution is -2.28. The molecular formula is C23H25FN2OS. The Morgan fingerprint density at radius 1 is 1.21 bits per heavy atom. The number of rotatable bonds is 6. The number of hydrogen-bond acceptors (Lipinski definition) is 2. The van der Waals surface area contributed by atoms with E-state index in [-0.39, 0.29) is 17.5 Å². The number of carbonyl (C=O) groups excluding carboxylic acids is 1. The van der Waals surface area contributed by atoms with Gasteiger partial charge in [-0.2, -0.15) is 0 Å². The molecule has 2 N–H and O–H groups in total. The highest BCUT2D eigenvalue weighted by atomic mass is 32.1. The van der Waals surface area contributed by atoms with Gasteiger partial charge >= 0.3 is 0 Å². The third-order valence-electron chi connectivity index (χ3n) is 5.33. The first-order valence-electron chi connectivity index (χ1n) is 9.59. The Hall–Kier alpha value is -2.53. The molecule has 1 fully saturated rings. The van der Waals surface area contributed by atoms with Crippen molar-refractivity contribution in [3.63, 3.8) is 0 Å². The molecule has 0 heterocycles. The van der Waals surface area contributed by atoms with Crippen molar-refractivity contribution in [2.24, 2.45) is 11.8 Å². The van der Waals surface area contributed by atoms with E-state index in [0.29, 0.717) is 23.3 Å². The number of hydrogen-bond donors (Lipinski definition) is 2. The summed E-state index contributed by atoms with van der Waals surface area (Å²) in [5, 5.41) is 6.08. The van der Waals surface area contributed by atoms with Crippen LogP contribution in [0.2, 0.25) is 0 Å². The van der Waals surface area contributed by atoms with E-state index in [1.807, 2.05) is 30.3 Å². The Balaban J connectivity index is 1.71. The number of Topliss-reactive ketones (excluding diaryl/α,β-unsaturated/α-hetero) is 1. The van der Waals surface area contributed by atoms with Gasteiger partial charge in [-0.1, -0.05) is 49.8 Å². The van der Waals surface area contributed by atoms with E-state index < -0.39 is 0 Å². The van der Waals surface area contributed by atoms with Gasteiger partial charge in [0.1, 0.15) is 5.82 Å². The van der Waals surface area contributed by atoms with Crippen LogP contribution in [0.1, 0.15) is 36.5 Å². The fraction of sp³-hybridized carbons (Fsp3) is 0.304. The molecule has 0 amide bonds. The molecule has 3 rings (SSSR count). The number of carbonyl (C=O) groups is 1. The lowest BCUT2D eigenvalue weighted by Gasteiger charge is -2.14. The second-order valence-electron chi connectivity index (χ2n) is 7.27. The van der Waals surface area contributed by atoms with Gasteiger partial charge in [0.05, 0.1) is 5.69 Å². The van der Waals surface area contributed by atoms with Gasteiger partial charge < -0.3 is 10.6 Å². The van der Waals surface area contributed by atoms with Gasteiger partial charge in [0.15, 0.2) is 10.9 Å². The lowest BCUT2D eigenvalue weighted by molar-refractivity contribution is 0.0897. The van der Waals surface area contributed by atoms with Crippen molar-refractivity contribution in [1.82, 2.24) is 5.32 Å². The average Bonchev–Trinajstić information content (AvgIpc) is 3.13. The molecule has 1 saturated carbocycles. The standard InChI is InChI=1S/C23H25FN2OS/c1-3-13-25-23(28)26-21-12-11-18(14-20(21)24)16-7-9-17(10-8-16)22(27)19-6-4-5-15(19)2/h3,7-12,14-15,19H,1,4-6,13H2,2H3,(H2,25,26,28). The van der Waals surface area contributed by atoms with Crippen molar-refractivity contribution in [3.8, 4) is 11.1 Å². The Morgan fingerprint density at radius 3 is 2.54 bits per heavy atom. The summed E-state index contributed by atoms with van der Waals surface area (Å²) in [6.07, 6.45) is 4.91. The highest BCUT2D eigenvalue weighted by Crippen LogP contribution is 2.34. The van der Waals surface area contributed by atoms with Gasteiger partial charge in [0.25, 0.3) is 0 Å². The molecule has 28 heavy (non-hydrogen) atoms. The van der Waals surface area contributed by atoms with Crippen LogP contribution in [0.25, 0.3) is 11.1 Å². The maximum atomic E-state index is 14.4. The maximum Gasteiger partial charge on any atom is 0.171 e. The number of thiocarbonyl (C=S) groups is 1. The maximum absolute atomic E-state index is 14.4. The van der Waals surface area contributed by atoms with Crippen molar-refractivity contribution in [1.29, 1.82) is 0 Å². The largest absolute Gasteiger partial charge is 0.359 e. The molecule has 3 nitrogen and oxygen atoms in total. The summed E-state index contributed by atoms with van der Waals surface area (Å²) >= 11 is 5.11. The van der Waals surface area contributed by atoms with Crippen LogP contribution in [0.5, 0.6) is 0 Å². The van der Waals surface area contributed by atoms with Gasteiger partial charge in [-0.3, -0.25) is 4.79 Å². The monoisotopic (exact) mass is 396 g/mol. The number of halogens is 1. The van der Waals surface area contributed by atoms with Crippen LogP contribution >= 0.6 is 12.2 Å². The molecule has 2 aromatic carbocycles. The SMILES string of the molecule is C=CCNC(=S)Nc1ccc(-c2ccc(C(=O)C3CCCC3C)cc2)cc1F. The van der Waals surface area contributed by atoms with Crippen LogP contribution in [0.15, 0.2) is 55.1 Å². The van der Waals surface area contributed by atoms with E-state index >= 15 is 0 Å². The minimum Gasteiger partial charge on any atom is -0.359 e. The zero-order chi connectivity index (χ0) is 20.1. The minimum atomic E-state index is -0.389. The molecule has 0 saturated heterocycles. The van der Waals surface area contributed by atoms with E-state index in [0.717, 1.165) is 36.0 Å².